The van der Waals surface area contributed by atoms with Crippen LogP contribution < -0.4 is 5.32 Å². The van der Waals surface area contributed by atoms with Crippen LogP contribution in [0.5, 0.6) is 0 Å². The van der Waals surface area contributed by atoms with Crippen LogP contribution in [0.1, 0.15) is 61.5 Å². The van der Waals surface area contributed by atoms with Gasteiger partial charge in [-0.3, -0.25) is 9.59 Å². The lowest BCUT2D eigenvalue weighted by Gasteiger charge is -2.45. The van der Waals surface area contributed by atoms with Gasteiger partial charge >= 0.3 is 0 Å². The number of carbonyl (C=O) groups excluding carboxylic acids is 2. The van der Waals surface area contributed by atoms with Gasteiger partial charge in [0.25, 0.3) is 5.91 Å². The Kier molecular flexibility index (Phi) is 6.49. The Hall–Kier alpha value is -3.94. The third-order valence-electron chi connectivity index (χ3n) is 8.28. The number of halogens is 2. The molecule has 2 aromatic heterocycles. The zero-order chi connectivity index (χ0) is 27.1. The molecule has 2 amide bonds. The van der Waals surface area contributed by atoms with Crippen molar-refractivity contribution < 1.29 is 18.4 Å². The summed E-state index contributed by atoms with van der Waals surface area (Å²) in [4.78, 5) is 30.1. The van der Waals surface area contributed by atoms with Crippen molar-refractivity contribution in [2.75, 3.05) is 0 Å². The van der Waals surface area contributed by atoms with E-state index in [0.717, 1.165) is 38.5 Å². The number of hydrogen-bond acceptors (Lipinski definition) is 2. The Balaban J connectivity index is 1.50. The first-order chi connectivity index (χ1) is 18.8. The Morgan fingerprint density at radius 3 is 2.41 bits per heavy atom. The third-order valence-corrected chi connectivity index (χ3v) is 8.28. The molecule has 1 saturated carbocycles. The zero-order valence-corrected chi connectivity index (χ0v) is 22.0. The molecule has 1 aliphatic heterocycles. The van der Waals surface area contributed by atoms with Crippen LogP contribution in [0.2, 0.25) is 0 Å². The fourth-order valence-electron chi connectivity index (χ4n) is 6.20. The summed E-state index contributed by atoms with van der Waals surface area (Å²) in [5, 5.41) is 3.85. The highest BCUT2D eigenvalue weighted by atomic mass is 19.1. The van der Waals surface area contributed by atoms with E-state index in [4.69, 9.17) is 0 Å². The van der Waals surface area contributed by atoms with Crippen molar-refractivity contribution in [1.29, 1.82) is 0 Å². The van der Waals surface area contributed by atoms with Crippen LogP contribution in [-0.4, -0.2) is 37.4 Å². The quantitative estimate of drug-likeness (QED) is 0.324. The van der Waals surface area contributed by atoms with Gasteiger partial charge in [-0.1, -0.05) is 37.8 Å². The van der Waals surface area contributed by atoms with Crippen LogP contribution in [0, 0.1) is 11.6 Å². The van der Waals surface area contributed by atoms with Crippen LogP contribution >= 0.6 is 0 Å². The number of nitrogens with one attached hydrogen (secondary N) is 1. The van der Waals surface area contributed by atoms with E-state index in [1.54, 1.807) is 34.6 Å². The number of amides is 2. The van der Waals surface area contributed by atoms with Gasteiger partial charge in [0.05, 0.1) is 17.7 Å². The van der Waals surface area contributed by atoms with Crippen LogP contribution in [-0.2, 0) is 17.9 Å². The minimum absolute atomic E-state index is 0.0512. The first-order valence-electron chi connectivity index (χ1n) is 13.7. The maximum absolute atomic E-state index is 14.5. The van der Waals surface area contributed by atoms with Gasteiger partial charge < -0.3 is 19.4 Å². The maximum Gasteiger partial charge on any atom is 0.273 e. The number of benzene rings is 2. The molecule has 2 aromatic carbocycles. The highest BCUT2D eigenvalue weighted by Crippen LogP contribution is 2.39. The van der Waals surface area contributed by atoms with Gasteiger partial charge in [0.2, 0.25) is 5.91 Å². The van der Waals surface area contributed by atoms with Crippen LogP contribution in [0.4, 0.5) is 8.78 Å². The largest absolute Gasteiger partial charge is 0.351 e. The minimum atomic E-state index is -1.25. The number of carbonyl (C=O) groups is 2. The molecule has 0 radical (unpaired) electrons. The van der Waals surface area contributed by atoms with E-state index >= 15 is 0 Å². The fourth-order valence-corrected chi connectivity index (χ4v) is 6.20. The molecule has 39 heavy (non-hydrogen) atoms. The fraction of sp³-hybridized carbons (Fsp3) is 0.355. The molecule has 1 N–H and O–H groups in total. The van der Waals surface area contributed by atoms with Gasteiger partial charge in [-0.05, 0) is 67.8 Å². The average molecular weight is 531 g/mol. The Bertz CT molecular complexity index is 1540. The molecule has 0 bridgehead atoms. The normalized spacial score (nSPS) is 20.2. The lowest BCUT2D eigenvalue weighted by Crippen LogP contribution is -2.64. The van der Waals surface area contributed by atoms with Crippen molar-refractivity contribution in [3.8, 4) is 5.69 Å². The molecular weight excluding hydrogens is 498 g/mol. The number of aromatic nitrogens is 2. The minimum Gasteiger partial charge on any atom is -0.351 e. The maximum atomic E-state index is 14.5. The van der Waals surface area contributed by atoms with E-state index in [9.17, 15) is 18.4 Å². The highest BCUT2D eigenvalue weighted by molar-refractivity contribution is 6.09. The summed E-state index contributed by atoms with van der Waals surface area (Å²) >= 11 is 0. The third kappa shape index (κ3) is 4.51. The SMILES string of the molecule is C[C@@]1(C(=O)NC2CCCCCC2)Cn2c(c(-n3cccc3)c3cc(F)ccc32)C(=O)N1Cc1cccc(F)c1. The average Bonchev–Trinajstić information content (AvgIpc) is 3.45. The molecule has 1 aliphatic carbocycles. The number of fused-ring (bicyclic) bond motifs is 3. The Morgan fingerprint density at radius 1 is 0.974 bits per heavy atom. The van der Waals surface area contributed by atoms with E-state index in [1.165, 1.54) is 24.3 Å². The molecule has 0 unspecified atom stereocenters. The second-order valence-corrected chi connectivity index (χ2v) is 11.0. The van der Waals surface area contributed by atoms with Gasteiger partial charge in [0.15, 0.2) is 0 Å². The molecular formula is C31H32F2N4O2. The molecule has 1 fully saturated rings. The van der Waals surface area contributed by atoms with Crippen LogP contribution in [0.15, 0.2) is 67.0 Å². The molecule has 0 spiro atoms. The van der Waals surface area contributed by atoms with Gasteiger partial charge in [0, 0.05) is 30.4 Å². The standard InChI is InChI=1S/C31H32F2N4O2/c1-31(30(39)34-24-11-4-2-3-5-12-24)20-36-26-14-13-23(33)18-25(26)27(35-15-6-7-16-35)28(36)29(38)37(31)19-21-9-8-10-22(32)17-21/h6-10,13-18,24H,2-5,11-12,19-20H2,1H3,(H,34,39)/t31-/m0/s1. The smallest absolute Gasteiger partial charge is 0.273 e. The van der Waals surface area contributed by atoms with E-state index in [2.05, 4.69) is 5.32 Å². The van der Waals surface area contributed by atoms with Crippen LogP contribution in [0.25, 0.3) is 16.6 Å². The first-order valence-corrected chi connectivity index (χ1v) is 13.7. The van der Waals surface area contributed by atoms with E-state index in [0.29, 0.717) is 27.8 Å². The van der Waals surface area contributed by atoms with Crippen molar-refractivity contribution in [2.45, 2.75) is 70.1 Å². The lowest BCUT2D eigenvalue weighted by atomic mass is 9.92. The number of rotatable bonds is 5. The molecule has 1 atom stereocenters. The molecule has 202 valence electrons. The first kappa shape index (κ1) is 25.3. The molecule has 0 saturated heterocycles. The molecule has 3 heterocycles. The Morgan fingerprint density at radius 2 is 1.69 bits per heavy atom. The predicted octanol–water partition coefficient (Wildman–Crippen LogP) is 5.96. The van der Waals surface area contributed by atoms with Gasteiger partial charge in [-0.2, -0.15) is 0 Å². The lowest BCUT2D eigenvalue weighted by molar-refractivity contribution is -0.134. The summed E-state index contributed by atoms with van der Waals surface area (Å²) in [5.41, 5.74) is 0.965. The van der Waals surface area contributed by atoms with Gasteiger partial charge in [-0.15, -0.1) is 0 Å². The van der Waals surface area contributed by atoms with E-state index in [1.807, 2.05) is 29.1 Å². The summed E-state index contributed by atoms with van der Waals surface area (Å²) in [6.07, 6.45) is 9.89. The zero-order valence-electron chi connectivity index (χ0n) is 22.0. The van der Waals surface area contributed by atoms with Crippen molar-refractivity contribution in [1.82, 2.24) is 19.4 Å². The second-order valence-electron chi connectivity index (χ2n) is 11.0. The molecule has 8 heteroatoms. The topological polar surface area (TPSA) is 59.3 Å². The monoisotopic (exact) mass is 530 g/mol. The molecule has 2 aliphatic rings. The number of nitrogens with zero attached hydrogens (tertiary/aromatic N) is 3. The molecule has 6 rings (SSSR count). The van der Waals surface area contributed by atoms with Crippen LogP contribution in [0.3, 0.4) is 0 Å². The van der Waals surface area contributed by atoms with Crippen molar-refractivity contribution >= 4 is 22.7 Å². The summed E-state index contributed by atoms with van der Waals surface area (Å²) in [6.45, 7) is 2.03. The summed E-state index contributed by atoms with van der Waals surface area (Å²) in [7, 11) is 0. The van der Waals surface area contributed by atoms with E-state index < -0.39 is 17.2 Å². The predicted molar refractivity (Wildman–Crippen MR) is 146 cm³/mol. The van der Waals surface area contributed by atoms with Crippen molar-refractivity contribution in [3.05, 3.63) is 89.9 Å². The van der Waals surface area contributed by atoms with Crippen molar-refractivity contribution in [3.63, 3.8) is 0 Å². The van der Waals surface area contributed by atoms with Gasteiger partial charge in [0.1, 0.15) is 22.9 Å². The second kappa shape index (κ2) is 9.98. The summed E-state index contributed by atoms with van der Waals surface area (Å²) in [6, 6.07) is 14.3. The van der Waals surface area contributed by atoms with E-state index in [-0.39, 0.29) is 30.9 Å². The number of hydrogen-bond donors (Lipinski definition) is 1. The summed E-state index contributed by atoms with van der Waals surface area (Å²) < 4.78 is 32.3. The summed E-state index contributed by atoms with van der Waals surface area (Å²) in [5.74, 6) is -1.39. The van der Waals surface area contributed by atoms with Crippen molar-refractivity contribution in [2.24, 2.45) is 0 Å². The molecule has 6 nitrogen and oxygen atoms in total. The molecule has 4 aromatic rings. The highest BCUT2D eigenvalue weighted by Gasteiger charge is 2.49. The Labute approximate surface area is 226 Å². The van der Waals surface area contributed by atoms with Gasteiger partial charge in [-0.25, -0.2) is 8.78 Å².